The SMILES string of the molecule is COc1cccnc1CSCC/C(=C/[N+](=O)[O-])CCSCc1ncccc1Br. The van der Waals surface area contributed by atoms with Crippen molar-refractivity contribution >= 4 is 39.5 Å². The lowest BCUT2D eigenvalue weighted by Gasteiger charge is -2.08. The molecule has 2 aromatic rings. The van der Waals surface area contributed by atoms with Gasteiger partial charge in [0.25, 0.3) is 0 Å². The summed E-state index contributed by atoms with van der Waals surface area (Å²) in [6.45, 7) is 0. The zero-order chi connectivity index (χ0) is 20.2. The zero-order valence-electron chi connectivity index (χ0n) is 15.5. The van der Waals surface area contributed by atoms with Crippen molar-refractivity contribution in [3.63, 3.8) is 0 Å². The Kier molecular flexibility index (Phi) is 10.4. The average molecular weight is 484 g/mol. The first-order chi connectivity index (χ1) is 13.6. The van der Waals surface area contributed by atoms with Gasteiger partial charge in [0.15, 0.2) is 0 Å². The fourth-order valence-corrected chi connectivity index (χ4v) is 4.91. The van der Waals surface area contributed by atoms with Crippen LogP contribution >= 0.6 is 39.5 Å². The Morgan fingerprint density at radius 2 is 1.75 bits per heavy atom. The molecule has 0 bridgehead atoms. The number of nitro groups is 1. The molecule has 0 radical (unpaired) electrons. The van der Waals surface area contributed by atoms with Crippen LogP contribution in [0, 0.1) is 10.1 Å². The molecule has 150 valence electrons. The van der Waals surface area contributed by atoms with Crippen molar-refractivity contribution in [3.8, 4) is 5.75 Å². The van der Waals surface area contributed by atoms with E-state index in [1.165, 1.54) is 0 Å². The molecule has 28 heavy (non-hydrogen) atoms. The summed E-state index contributed by atoms with van der Waals surface area (Å²) in [5, 5.41) is 10.9. The Bertz CT molecular complexity index is 805. The lowest BCUT2D eigenvalue weighted by Crippen LogP contribution is -1.97. The maximum Gasteiger partial charge on any atom is 0.233 e. The van der Waals surface area contributed by atoms with Crippen molar-refractivity contribution in [3.05, 3.63) is 74.4 Å². The highest BCUT2D eigenvalue weighted by Crippen LogP contribution is 2.24. The molecule has 0 aliphatic carbocycles. The van der Waals surface area contributed by atoms with Crippen molar-refractivity contribution < 1.29 is 9.66 Å². The van der Waals surface area contributed by atoms with Crippen molar-refractivity contribution in [2.24, 2.45) is 0 Å². The highest BCUT2D eigenvalue weighted by Gasteiger charge is 2.08. The number of rotatable bonds is 12. The highest BCUT2D eigenvalue weighted by molar-refractivity contribution is 9.10. The Morgan fingerprint density at radius 1 is 1.14 bits per heavy atom. The molecule has 0 aromatic carbocycles. The van der Waals surface area contributed by atoms with Crippen LogP contribution in [0.15, 0.2) is 52.9 Å². The van der Waals surface area contributed by atoms with Crippen LogP contribution in [0.25, 0.3) is 0 Å². The quantitative estimate of drug-likeness (QED) is 0.228. The number of pyridine rings is 2. The third-order valence-electron chi connectivity index (χ3n) is 3.80. The van der Waals surface area contributed by atoms with Gasteiger partial charge >= 0.3 is 0 Å². The monoisotopic (exact) mass is 483 g/mol. The first kappa shape index (κ1) is 22.7. The summed E-state index contributed by atoms with van der Waals surface area (Å²) in [5.41, 5.74) is 2.75. The number of nitrogens with zero attached hydrogens (tertiary/aromatic N) is 3. The van der Waals surface area contributed by atoms with Gasteiger partial charge in [0.2, 0.25) is 6.20 Å². The summed E-state index contributed by atoms with van der Waals surface area (Å²) in [4.78, 5) is 19.2. The molecule has 0 atom stereocenters. The number of methoxy groups -OCH3 is 1. The average Bonchev–Trinajstić information content (AvgIpc) is 2.69. The molecule has 9 heteroatoms. The minimum Gasteiger partial charge on any atom is -0.495 e. The van der Waals surface area contributed by atoms with Gasteiger partial charge in [0.05, 0.1) is 23.4 Å². The molecule has 0 aliphatic heterocycles. The molecule has 2 rings (SSSR count). The van der Waals surface area contributed by atoms with Gasteiger partial charge in [-0.15, -0.1) is 0 Å². The number of thioether (sulfide) groups is 2. The number of hydrogen-bond acceptors (Lipinski definition) is 7. The first-order valence-electron chi connectivity index (χ1n) is 8.66. The molecule has 0 unspecified atom stereocenters. The zero-order valence-corrected chi connectivity index (χ0v) is 18.8. The van der Waals surface area contributed by atoms with Crippen LogP contribution in [0.5, 0.6) is 5.75 Å². The molecule has 2 heterocycles. The predicted octanol–water partition coefficient (Wildman–Crippen LogP) is 5.36. The van der Waals surface area contributed by atoms with Gasteiger partial charge in [0.1, 0.15) is 5.75 Å². The van der Waals surface area contributed by atoms with E-state index in [1.54, 1.807) is 43.0 Å². The largest absolute Gasteiger partial charge is 0.495 e. The summed E-state index contributed by atoms with van der Waals surface area (Å²) >= 11 is 6.92. The second kappa shape index (κ2) is 12.8. The molecule has 0 amide bonds. The van der Waals surface area contributed by atoms with E-state index in [2.05, 4.69) is 25.9 Å². The van der Waals surface area contributed by atoms with Gasteiger partial charge in [-0.2, -0.15) is 23.5 Å². The second-order valence-corrected chi connectivity index (χ2v) is 8.83. The van der Waals surface area contributed by atoms with Gasteiger partial charge in [-0.05, 0) is 64.5 Å². The molecule has 0 spiro atoms. The fourth-order valence-electron chi connectivity index (χ4n) is 2.39. The van der Waals surface area contributed by atoms with E-state index in [9.17, 15) is 10.1 Å². The lowest BCUT2D eigenvalue weighted by molar-refractivity contribution is -0.403. The Morgan fingerprint density at radius 3 is 2.36 bits per heavy atom. The van der Waals surface area contributed by atoms with Crippen LogP contribution in [-0.2, 0) is 11.5 Å². The van der Waals surface area contributed by atoms with Gasteiger partial charge in [0, 0.05) is 33.9 Å². The van der Waals surface area contributed by atoms with Gasteiger partial charge < -0.3 is 4.74 Å². The molecule has 0 saturated carbocycles. The van der Waals surface area contributed by atoms with Crippen LogP contribution in [0.1, 0.15) is 24.2 Å². The molecule has 6 nitrogen and oxygen atoms in total. The minimum atomic E-state index is -0.359. The van der Waals surface area contributed by atoms with E-state index in [-0.39, 0.29) is 4.92 Å². The Balaban J connectivity index is 1.75. The summed E-state index contributed by atoms with van der Waals surface area (Å²) in [5.74, 6) is 3.89. The molecule has 0 aliphatic rings. The van der Waals surface area contributed by atoms with Crippen molar-refractivity contribution in [2.45, 2.75) is 24.3 Å². The normalized spacial score (nSPS) is 11.4. The third-order valence-corrected chi connectivity index (χ3v) is 6.47. The topological polar surface area (TPSA) is 78.2 Å². The number of hydrogen-bond donors (Lipinski definition) is 0. The van der Waals surface area contributed by atoms with E-state index in [4.69, 9.17) is 4.74 Å². The number of allylic oxidation sites excluding steroid dienone is 1. The fraction of sp³-hybridized carbons (Fsp3) is 0.368. The maximum absolute atomic E-state index is 10.9. The Labute approximate surface area is 181 Å². The lowest BCUT2D eigenvalue weighted by atomic mass is 10.2. The number of ether oxygens (including phenoxy) is 1. The number of aromatic nitrogens is 2. The first-order valence-corrected chi connectivity index (χ1v) is 11.8. The van der Waals surface area contributed by atoms with Gasteiger partial charge in [-0.3, -0.25) is 20.1 Å². The van der Waals surface area contributed by atoms with E-state index in [1.807, 2.05) is 24.3 Å². The summed E-state index contributed by atoms with van der Waals surface area (Å²) in [6.07, 6.45) is 6.05. The van der Waals surface area contributed by atoms with Crippen molar-refractivity contribution in [2.75, 3.05) is 18.6 Å². The summed E-state index contributed by atoms with van der Waals surface area (Å²) < 4.78 is 6.29. The summed E-state index contributed by atoms with van der Waals surface area (Å²) in [7, 11) is 1.63. The highest BCUT2D eigenvalue weighted by atomic mass is 79.9. The van der Waals surface area contributed by atoms with Crippen LogP contribution in [0.4, 0.5) is 0 Å². The maximum atomic E-state index is 10.9. The third kappa shape index (κ3) is 8.20. The predicted molar refractivity (Wildman–Crippen MR) is 119 cm³/mol. The van der Waals surface area contributed by atoms with Crippen LogP contribution in [0.3, 0.4) is 0 Å². The van der Waals surface area contributed by atoms with E-state index < -0.39 is 0 Å². The molecule has 0 saturated heterocycles. The standard InChI is InChI=1S/C19H22BrN3O3S2/c1-26-19-5-3-9-22-18(19)14-28-11-7-15(12-23(24)25)6-10-27-13-17-16(20)4-2-8-21-17/h2-5,8-9,12H,6-7,10-11,13-14H2,1H3/b15-12+. The molecule has 2 aromatic heterocycles. The van der Waals surface area contributed by atoms with Gasteiger partial charge in [-0.1, -0.05) is 0 Å². The molecule has 0 fully saturated rings. The van der Waals surface area contributed by atoms with E-state index >= 15 is 0 Å². The number of halogens is 1. The van der Waals surface area contributed by atoms with Crippen LogP contribution < -0.4 is 4.74 Å². The second-order valence-electron chi connectivity index (χ2n) is 5.76. The molecular weight excluding hydrogens is 462 g/mol. The minimum absolute atomic E-state index is 0.359. The molecular formula is C19H22BrN3O3S2. The molecule has 0 N–H and O–H groups in total. The van der Waals surface area contributed by atoms with Gasteiger partial charge in [-0.25, -0.2) is 0 Å². The van der Waals surface area contributed by atoms with Crippen molar-refractivity contribution in [1.82, 2.24) is 9.97 Å². The summed E-state index contributed by atoms with van der Waals surface area (Å²) in [6, 6.07) is 7.58. The smallest absolute Gasteiger partial charge is 0.233 e. The van der Waals surface area contributed by atoms with E-state index in [0.29, 0.717) is 12.8 Å². The van der Waals surface area contributed by atoms with E-state index in [0.717, 1.165) is 56.4 Å². The van der Waals surface area contributed by atoms with Crippen LogP contribution in [0.2, 0.25) is 0 Å². The van der Waals surface area contributed by atoms with Crippen LogP contribution in [-0.4, -0.2) is 33.5 Å². The van der Waals surface area contributed by atoms with Crippen molar-refractivity contribution in [1.29, 1.82) is 0 Å². The Hall–Kier alpha value is -1.58.